The minimum Gasteiger partial charge on any atom is -0.344 e. The van der Waals surface area contributed by atoms with Gasteiger partial charge in [-0.15, -0.1) is 11.3 Å². The van der Waals surface area contributed by atoms with Gasteiger partial charge in [0.25, 0.3) is 11.6 Å². The van der Waals surface area contributed by atoms with E-state index in [1.54, 1.807) is 30.5 Å². The number of carbonyl (C=O) groups is 1. The molecule has 0 aliphatic heterocycles. The monoisotopic (exact) mass is 378 g/mol. The number of aromatic nitrogens is 3. The normalized spacial score (nSPS) is 12.3. The number of rotatable bonds is 4. The molecule has 0 radical (unpaired) electrons. The van der Waals surface area contributed by atoms with Crippen LogP contribution in [0, 0.1) is 13.8 Å². The van der Waals surface area contributed by atoms with Crippen LogP contribution < -0.4 is 5.32 Å². The van der Waals surface area contributed by atoms with Crippen molar-refractivity contribution in [3.05, 3.63) is 64.4 Å². The zero-order valence-corrected chi connectivity index (χ0v) is 16.0. The number of amides is 1. The maximum atomic E-state index is 13.0. The third-order valence-electron chi connectivity index (χ3n) is 4.33. The summed E-state index contributed by atoms with van der Waals surface area (Å²) in [5.41, 5.74) is 3.01. The Morgan fingerprint density at radius 2 is 2.07 bits per heavy atom. The lowest BCUT2D eigenvalue weighted by molar-refractivity contribution is 0.0940. The summed E-state index contributed by atoms with van der Waals surface area (Å²) in [6, 6.07) is 11.2. The Labute approximate surface area is 160 Å². The number of hydrogen-bond acceptors (Lipinski definition) is 6. The minimum absolute atomic E-state index is 0.207. The van der Waals surface area contributed by atoms with Crippen molar-refractivity contribution in [3.8, 4) is 10.6 Å². The van der Waals surface area contributed by atoms with Crippen LogP contribution in [0.2, 0.25) is 0 Å². The molecule has 0 fully saturated rings. The Morgan fingerprint density at radius 1 is 1.22 bits per heavy atom. The van der Waals surface area contributed by atoms with Crippen LogP contribution in [0.5, 0.6) is 0 Å². The minimum atomic E-state index is -0.227. The Balaban J connectivity index is 1.75. The molecule has 1 atom stereocenters. The van der Waals surface area contributed by atoms with Gasteiger partial charge in [0, 0.05) is 11.1 Å². The predicted octanol–water partition coefficient (Wildman–Crippen LogP) is 4.45. The quantitative estimate of drug-likeness (QED) is 0.567. The van der Waals surface area contributed by atoms with Crippen LogP contribution in [0.15, 0.2) is 47.1 Å². The lowest BCUT2D eigenvalue weighted by atomic mass is 10.1. The smallest absolute Gasteiger partial charge is 0.259 e. The molecule has 0 saturated heterocycles. The molecule has 136 valence electrons. The van der Waals surface area contributed by atoms with Crippen molar-refractivity contribution < 1.29 is 9.32 Å². The van der Waals surface area contributed by atoms with E-state index in [1.807, 2.05) is 44.2 Å². The fourth-order valence-electron chi connectivity index (χ4n) is 2.95. The van der Waals surface area contributed by atoms with Gasteiger partial charge < -0.3 is 9.84 Å². The number of nitrogens with zero attached hydrogens (tertiary/aromatic N) is 3. The molecule has 0 aliphatic carbocycles. The van der Waals surface area contributed by atoms with Crippen LogP contribution in [0.4, 0.5) is 0 Å². The molecule has 0 aliphatic rings. The predicted molar refractivity (Wildman–Crippen MR) is 105 cm³/mol. The van der Waals surface area contributed by atoms with Gasteiger partial charge in [0.2, 0.25) is 0 Å². The van der Waals surface area contributed by atoms with Crippen LogP contribution in [-0.4, -0.2) is 21.0 Å². The lowest BCUT2D eigenvalue weighted by Gasteiger charge is -2.14. The van der Waals surface area contributed by atoms with Crippen LogP contribution in [0.25, 0.3) is 21.7 Å². The van der Waals surface area contributed by atoms with Crippen molar-refractivity contribution >= 4 is 28.3 Å². The van der Waals surface area contributed by atoms with Crippen molar-refractivity contribution in [3.63, 3.8) is 0 Å². The maximum Gasteiger partial charge on any atom is 0.259 e. The second-order valence-corrected chi connectivity index (χ2v) is 7.65. The van der Waals surface area contributed by atoms with E-state index < -0.39 is 0 Å². The molecule has 0 spiro atoms. The van der Waals surface area contributed by atoms with Crippen molar-refractivity contribution in [1.82, 2.24) is 20.4 Å². The fourth-order valence-corrected chi connectivity index (χ4v) is 3.78. The summed E-state index contributed by atoms with van der Waals surface area (Å²) in [6.45, 7) is 5.75. The summed E-state index contributed by atoms with van der Waals surface area (Å²) in [7, 11) is 0. The van der Waals surface area contributed by atoms with Crippen LogP contribution in [0.1, 0.15) is 39.6 Å². The van der Waals surface area contributed by atoms with E-state index in [4.69, 9.17) is 4.52 Å². The van der Waals surface area contributed by atoms with Gasteiger partial charge in [0.15, 0.2) is 0 Å². The van der Waals surface area contributed by atoms with E-state index in [9.17, 15) is 4.79 Å². The van der Waals surface area contributed by atoms with Crippen LogP contribution in [-0.2, 0) is 0 Å². The maximum absolute atomic E-state index is 13.0. The van der Waals surface area contributed by atoms with E-state index in [0.29, 0.717) is 28.1 Å². The first kappa shape index (κ1) is 17.4. The molecule has 4 aromatic heterocycles. The molecule has 1 N–H and O–H groups in total. The molecule has 0 aromatic carbocycles. The zero-order chi connectivity index (χ0) is 19.0. The fraction of sp³-hybridized carbons (Fsp3) is 0.200. The van der Waals surface area contributed by atoms with Gasteiger partial charge in [-0.25, -0.2) is 4.98 Å². The Bertz CT molecular complexity index is 1120. The van der Waals surface area contributed by atoms with Gasteiger partial charge in [-0.05, 0) is 51.1 Å². The molecule has 1 amide bonds. The Morgan fingerprint density at radius 3 is 2.78 bits per heavy atom. The summed E-state index contributed by atoms with van der Waals surface area (Å²) in [6.07, 6.45) is 1.71. The second kappa shape index (κ2) is 6.92. The highest BCUT2D eigenvalue weighted by Crippen LogP contribution is 2.31. The van der Waals surface area contributed by atoms with E-state index in [-0.39, 0.29) is 11.9 Å². The molecule has 4 rings (SSSR count). The number of hydrogen-bond donors (Lipinski definition) is 1. The summed E-state index contributed by atoms with van der Waals surface area (Å²) in [5, 5.41) is 7.64. The molecular formula is C20H18N4O2S. The molecule has 4 aromatic rings. The summed E-state index contributed by atoms with van der Waals surface area (Å²) in [5.74, 6) is -0.207. The number of pyridine rings is 2. The molecule has 7 heteroatoms. The highest BCUT2D eigenvalue weighted by molar-refractivity contribution is 7.15. The Kier molecular flexibility index (Phi) is 4.45. The SMILES string of the molecule is Cc1ccc(-c2cc(C(=O)NC(C)c3ccccn3)c3c(C)noc3n2)s1. The standard InChI is InChI=1S/C20H18N4O2S/c1-11-7-8-17(27-11)16-10-14(18-13(3)24-26-20(18)23-16)19(25)22-12(2)15-6-4-5-9-21-15/h4-10,12H,1-3H3,(H,22,25). The molecule has 0 saturated carbocycles. The summed E-state index contributed by atoms with van der Waals surface area (Å²) < 4.78 is 5.35. The first-order chi connectivity index (χ1) is 13.0. The molecule has 27 heavy (non-hydrogen) atoms. The van der Waals surface area contributed by atoms with E-state index in [0.717, 1.165) is 10.6 Å². The third kappa shape index (κ3) is 3.33. The van der Waals surface area contributed by atoms with Gasteiger partial charge in [-0.2, -0.15) is 0 Å². The topological polar surface area (TPSA) is 80.9 Å². The third-order valence-corrected chi connectivity index (χ3v) is 5.36. The number of aryl methyl sites for hydroxylation is 2. The van der Waals surface area contributed by atoms with Crippen molar-refractivity contribution in [2.75, 3.05) is 0 Å². The molecular weight excluding hydrogens is 360 g/mol. The Hall–Kier alpha value is -3.06. The van der Waals surface area contributed by atoms with Crippen molar-refractivity contribution in [2.24, 2.45) is 0 Å². The molecule has 4 heterocycles. The number of fused-ring (bicyclic) bond motifs is 1. The highest BCUT2D eigenvalue weighted by Gasteiger charge is 2.21. The average Bonchev–Trinajstić information content (AvgIpc) is 3.27. The van der Waals surface area contributed by atoms with Gasteiger partial charge in [-0.3, -0.25) is 9.78 Å². The van der Waals surface area contributed by atoms with Crippen LogP contribution in [0.3, 0.4) is 0 Å². The van der Waals surface area contributed by atoms with E-state index in [2.05, 4.69) is 20.4 Å². The number of nitrogens with one attached hydrogen (secondary N) is 1. The van der Waals surface area contributed by atoms with Crippen LogP contribution >= 0.6 is 11.3 Å². The highest BCUT2D eigenvalue weighted by atomic mass is 32.1. The molecule has 1 unspecified atom stereocenters. The number of thiophene rings is 1. The van der Waals surface area contributed by atoms with E-state index >= 15 is 0 Å². The van der Waals surface area contributed by atoms with Gasteiger partial charge in [0.05, 0.1) is 39.0 Å². The van der Waals surface area contributed by atoms with E-state index in [1.165, 1.54) is 4.88 Å². The van der Waals surface area contributed by atoms with Crippen molar-refractivity contribution in [1.29, 1.82) is 0 Å². The largest absolute Gasteiger partial charge is 0.344 e. The van der Waals surface area contributed by atoms with Gasteiger partial charge in [0.1, 0.15) is 0 Å². The second-order valence-electron chi connectivity index (χ2n) is 6.36. The van der Waals surface area contributed by atoms with Crippen molar-refractivity contribution in [2.45, 2.75) is 26.8 Å². The number of carbonyl (C=O) groups excluding carboxylic acids is 1. The summed E-state index contributed by atoms with van der Waals surface area (Å²) in [4.78, 5) is 24.1. The zero-order valence-electron chi connectivity index (χ0n) is 15.2. The molecule has 0 bridgehead atoms. The average molecular weight is 378 g/mol. The molecule has 6 nitrogen and oxygen atoms in total. The van der Waals surface area contributed by atoms with Gasteiger partial charge in [-0.1, -0.05) is 11.2 Å². The lowest BCUT2D eigenvalue weighted by Crippen LogP contribution is -2.27. The first-order valence-electron chi connectivity index (χ1n) is 8.58. The summed E-state index contributed by atoms with van der Waals surface area (Å²) >= 11 is 1.62. The first-order valence-corrected chi connectivity index (χ1v) is 9.40. The van der Waals surface area contributed by atoms with Gasteiger partial charge >= 0.3 is 0 Å².